The highest BCUT2D eigenvalue weighted by molar-refractivity contribution is 5.32. The van der Waals surface area contributed by atoms with Crippen LogP contribution in [-0.4, -0.2) is 65.0 Å². The molecule has 1 fully saturated rings. The van der Waals surface area contributed by atoms with Gasteiger partial charge in [-0.15, -0.1) is 5.10 Å². The highest BCUT2D eigenvalue weighted by atomic mass is 16.5. The summed E-state index contributed by atoms with van der Waals surface area (Å²) in [5.41, 5.74) is 0.948. The van der Waals surface area contributed by atoms with E-state index in [9.17, 15) is 0 Å². The molecule has 0 saturated carbocycles. The molecule has 1 aliphatic heterocycles. The summed E-state index contributed by atoms with van der Waals surface area (Å²) in [5, 5.41) is 8.24. The average molecular weight is 344 g/mol. The van der Waals surface area contributed by atoms with Crippen LogP contribution in [0.4, 0.5) is 5.95 Å². The van der Waals surface area contributed by atoms with Gasteiger partial charge < -0.3 is 14.4 Å². The van der Waals surface area contributed by atoms with Crippen molar-refractivity contribution in [3.63, 3.8) is 0 Å². The molecule has 8 nitrogen and oxygen atoms in total. The van der Waals surface area contributed by atoms with Crippen molar-refractivity contribution in [1.29, 1.82) is 0 Å². The van der Waals surface area contributed by atoms with Crippen molar-refractivity contribution < 1.29 is 9.47 Å². The minimum absolute atomic E-state index is 0.539. The maximum atomic E-state index is 5.47. The monoisotopic (exact) mass is 344 g/mol. The summed E-state index contributed by atoms with van der Waals surface area (Å²) in [6.07, 6.45) is 2.80. The first-order valence-corrected chi connectivity index (χ1v) is 8.58. The first kappa shape index (κ1) is 17.3. The summed E-state index contributed by atoms with van der Waals surface area (Å²) in [7, 11) is 1.59. The molecule has 8 heteroatoms. The zero-order valence-corrected chi connectivity index (χ0v) is 14.8. The molecule has 134 valence electrons. The minimum Gasteiger partial charge on any atom is -0.480 e. The first-order chi connectivity index (χ1) is 12.3. The summed E-state index contributed by atoms with van der Waals surface area (Å²) in [6.45, 7) is 7.08. The molecule has 0 N–H and O–H groups in total. The number of anilines is 1. The van der Waals surface area contributed by atoms with Gasteiger partial charge in [0.05, 0.1) is 19.4 Å². The third kappa shape index (κ3) is 4.76. The van der Waals surface area contributed by atoms with E-state index in [1.165, 1.54) is 0 Å². The number of aromatic nitrogens is 4. The van der Waals surface area contributed by atoms with Crippen LogP contribution in [0, 0.1) is 0 Å². The second kappa shape index (κ2) is 8.57. The van der Waals surface area contributed by atoms with Gasteiger partial charge in [-0.25, -0.2) is 4.98 Å². The molecule has 3 heterocycles. The molecular formula is C17H24N6O2. The highest BCUT2D eigenvalue weighted by Gasteiger charge is 2.18. The van der Waals surface area contributed by atoms with Gasteiger partial charge in [0.25, 0.3) is 0 Å². The Balaban J connectivity index is 1.59. The molecule has 0 radical (unpaired) electrons. The molecule has 0 atom stereocenters. The number of nitrogens with zero attached hydrogens (tertiary/aromatic N) is 6. The molecule has 0 aromatic carbocycles. The van der Waals surface area contributed by atoms with E-state index in [-0.39, 0.29) is 0 Å². The zero-order valence-electron chi connectivity index (χ0n) is 14.8. The van der Waals surface area contributed by atoms with Gasteiger partial charge in [0.2, 0.25) is 17.7 Å². The van der Waals surface area contributed by atoms with Crippen molar-refractivity contribution >= 4 is 5.95 Å². The lowest BCUT2D eigenvalue weighted by Gasteiger charge is -2.21. The van der Waals surface area contributed by atoms with Crippen molar-refractivity contribution in [3.8, 4) is 11.8 Å². The second-order valence-electron chi connectivity index (χ2n) is 5.81. The molecule has 0 unspecified atom stereocenters. The fraction of sp³-hybridized carbons (Fsp3) is 0.529. The fourth-order valence-corrected chi connectivity index (χ4v) is 2.81. The van der Waals surface area contributed by atoms with Crippen LogP contribution in [0.25, 0.3) is 0 Å². The molecule has 1 saturated heterocycles. The maximum Gasteiger partial charge on any atom is 0.233 e. The molecule has 1 aliphatic rings. The lowest BCUT2D eigenvalue weighted by molar-refractivity contribution is 0.280. The number of rotatable bonds is 6. The normalized spacial score (nSPS) is 15.7. The van der Waals surface area contributed by atoms with Crippen LogP contribution in [0.2, 0.25) is 0 Å². The number of methoxy groups -OCH3 is 1. The molecule has 2 aromatic rings. The molecule has 2 aromatic heterocycles. The van der Waals surface area contributed by atoms with Gasteiger partial charge in [-0.05, 0) is 19.4 Å². The molecule has 0 aliphatic carbocycles. The SMILES string of the molecule is CCOc1ccnc(N2CCCN(Cc3ccc(OC)nn3)CC2)n1. The van der Waals surface area contributed by atoms with Crippen molar-refractivity contribution in [1.82, 2.24) is 25.1 Å². The Morgan fingerprint density at radius 1 is 1.04 bits per heavy atom. The number of ether oxygens (including phenoxy) is 2. The summed E-state index contributed by atoms with van der Waals surface area (Å²) in [6, 6.07) is 5.60. The predicted octanol–water partition coefficient (Wildman–Crippen LogP) is 1.39. The Hall–Kier alpha value is -2.48. The standard InChI is InChI=1S/C17H24N6O2/c1-3-25-15-7-8-18-17(19-15)23-10-4-9-22(11-12-23)13-14-5-6-16(24-2)21-20-14/h5-8H,3-4,9-13H2,1-2H3. The highest BCUT2D eigenvalue weighted by Crippen LogP contribution is 2.16. The molecule has 0 bridgehead atoms. The van der Waals surface area contributed by atoms with E-state index in [4.69, 9.17) is 9.47 Å². The molecular weight excluding hydrogens is 320 g/mol. The van der Waals surface area contributed by atoms with Gasteiger partial charge in [-0.1, -0.05) is 0 Å². The largest absolute Gasteiger partial charge is 0.480 e. The van der Waals surface area contributed by atoms with Crippen molar-refractivity contribution in [3.05, 3.63) is 30.1 Å². The van der Waals surface area contributed by atoms with Gasteiger partial charge in [0, 0.05) is 51.1 Å². The average Bonchev–Trinajstić information content (AvgIpc) is 2.89. The van der Waals surface area contributed by atoms with Gasteiger partial charge in [-0.2, -0.15) is 10.1 Å². The van der Waals surface area contributed by atoms with E-state index >= 15 is 0 Å². The van der Waals surface area contributed by atoms with Gasteiger partial charge >= 0.3 is 0 Å². The summed E-state index contributed by atoms with van der Waals surface area (Å²) in [4.78, 5) is 13.5. The number of hydrogen-bond acceptors (Lipinski definition) is 8. The van der Waals surface area contributed by atoms with Crippen LogP contribution in [0.15, 0.2) is 24.4 Å². The Bertz CT molecular complexity index is 666. The quantitative estimate of drug-likeness (QED) is 0.778. The molecule has 0 amide bonds. The van der Waals surface area contributed by atoms with Crippen LogP contribution in [0.1, 0.15) is 19.0 Å². The van der Waals surface area contributed by atoms with Gasteiger partial charge in [0.1, 0.15) is 0 Å². The lowest BCUT2D eigenvalue weighted by atomic mass is 10.3. The lowest BCUT2D eigenvalue weighted by Crippen LogP contribution is -2.31. The zero-order chi connectivity index (χ0) is 17.5. The van der Waals surface area contributed by atoms with Gasteiger partial charge in [0.15, 0.2) is 0 Å². The second-order valence-corrected chi connectivity index (χ2v) is 5.81. The third-order valence-electron chi connectivity index (χ3n) is 4.07. The van der Waals surface area contributed by atoms with E-state index in [0.717, 1.165) is 50.8 Å². The third-order valence-corrected chi connectivity index (χ3v) is 4.07. The van der Waals surface area contributed by atoms with Crippen LogP contribution in [-0.2, 0) is 6.54 Å². The van der Waals surface area contributed by atoms with Crippen LogP contribution in [0.5, 0.6) is 11.8 Å². The first-order valence-electron chi connectivity index (χ1n) is 8.58. The van der Waals surface area contributed by atoms with E-state index in [1.807, 2.05) is 19.1 Å². The fourth-order valence-electron chi connectivity index (χ4n) is 2.81. The van der Waals surface area contributed by atoms with Gasteiger partial charge in [-0.3, -0.25) is 4.90 Å². The maximum absolute atomic E-state index is 5.47. The topological polar surface area (TPSA) is 76.5 Å². The Morgan fingerprint density at radius 3 is 2.72 bits per heavy atom. The Labute approximate surface area is 147 Å². The number of hydrogen-bond donors (Lipinski definition) is 0. The van der Waals surface area contributed by atoms with Crippen LogP contribution >= 0.6 is 0 Å². The molecule has 25 heavy (non-hydrogen) atoms. The molecule has 0 spiro atoms. The Morgan fingerprint density at radius 2 is 1.96 bits per heavy atom. The summed E-state index contributed by atoms with van der Waals surface area (Å²) in [5.74, 6) is 1.90. The van der Waals surface area contributed by atoms with E-state index < -0.39 is 0 Å². The summed E-state index contributed by atoms with van der Waals surface area (Å²) < 4.78 is 10.5. The van der Waals surface area contributed by atoms with Crippen molar-refractivity contribution in [2.75, 3.05) is 44.8 Å². The van der Waals surface area contributed by atoms with E-state index in [2.05, 4.69) is 30.0 Å². The Kier molecular flexibility index (Phi) is 5.95. The van der Waals surface area contributed by atoms with E-state index in [0.29, 0.717) is 18.4 Å². The smallest absolute Gasteiger partial charge is 0.233 e. The van der Waals surface area contributed by atoms with Crippen molar-refractivity contribution in [2.45, 2.75) is 19.9 Å². The predicted molar refractivity (Wildman–Crippen MR) is 93.9 cm³/mol. The van der Waals surface area contributed by atoms with Crippen molar-refractivity contribution in [2.24, 2.45) is 0 Å². The summed E-state index contributed by atoms with van der Waals surface area (Å²) >= 11 is 0. The van der Waals surface area contributed by atoms with Crippen LogP contribution < -0.4 is 14.4 Å². The van der Waals surface area contributed by atoms with E-state index in [1.54, 1.807) is 19.4 Å². The minimum atomic E-state index is 0.539. The van der Waals surface area contributed by atoms with Crippen LogP contribution in [0.3, 0.4) is 0 Å². The molecule has 3 rings (SSSR count).